The van der Waals surface area contributed by atoms with Crippen LogP contribution in [0.2, 0.25) is 0 Å². The molecular weight excluding hydrogens is 346 g/mol. The monoisotopic (exact) mass is 365 g/mol. The molecule has 0 aliphatic rings. The Labute approximate surface area is 156 Å². The average Bonchev–Trinajstić information content (AvgIpc) is 3.30. The predicted octanol–water partition coefficient (Wildman–Crippen LogP) is 3.39. The van der Waals surface area contributed by atoms with Crippen molar-refractivity contribution in [2.45, 2.75) is 13.5 Å². The molecule has 1 N–H and O–H groups in total. The zero-order valence-electron chi connectivity index (χ0n) is 15.0. The molecule has 1 amide bonds. The Morgan fingerprint density at radius 3 is 2.78 bits per heavy atom. The molecular formula is C20H19N3O4. The summed E-state index contributed by atoms with van der Waals surface area (Å²) >= 11 is 0. The van der Waals surface area contributed by atoms with Gasteiger partial charge in [0, 0.05) is 30.8 Å². The number of anilines is 1. The van der Waals surface area contributed by atoms with Gasteiger partial charge >= 0.3 is 0 Å². The first-order valence-electron chi connectivity index (χ1n) is 8.30. The largest absolute Gasteiger partial charge is 0.496 e. The Balaban J connectivity index is 1.60. The number of ketones is 1. The number of nitrogens with zero attached hydrogens (tertiary/aromatic N) is 2. The first kappa shape index (κ1) is 18.2. The SMILES string of the molecule is COc1ccccc1/C=C\C(=O)Nc1ccn(Cc2ccc(C(C)=O)o2)n1. The number of rotatable bonds is 7. The van der Waals surface area contributed by atoms with Gasteiger partial charge in [-0.05, 0) is 24.3 Å². The third-order valence-corrected chi connectivity index (χ3v) is 3.77. The van der Waals surface area contributed by atoms with Crippen molar-refractivity contribution in [1.29, 1.82) is 0 Å². The van der Waals surface area contributed by atoms with E-state index in [1.165, 1.54) is 13.0 Å². The molecule has 0 atom stereocenters. The minimum absolute atomic E-state index is 0.128. The molecule has 0 aliphatic heterocycles. The van der Waals surface area contributed by atoms with Crippen LogP contribution in [0, 0.1) is 0 Å². The number of Topliss-reactive ketones (excluding diaryl/α,β-unsaturated/α-hetero) is 1. The second-order valence-electron chi connectivity index (χ2n) is 5.79. The highest BCUT2D eigenvalue weighted by Gasteiger charge is 2.08. The highest BCUT2D eigenvalue weighted by molar-refractivity contribution is 6.01. The van der Waals surface area contributed by atoms with Crippen molar-refractivity contribution in [3.8, 4) is 5.75 Å². The number of methoxy groups -OCH3 is 1. The topological polar surface area (TPSA) is 86.4 Å². The molecule has 0 bridgehead atoms. The second-order valence-corrected chi connectivity index (χ2v) is 5.79. The molecule has 1 aromatic carbocycles. The van der Waals surface area contributed by atoms with Crippen molar-refractivity contribution in [3.05, 3.63) is 71.8 Å². The van der Waals surface area contributed by atoms with Gasteiger partial charge in [0.25, 0.3) is 0 Å². The van der Waals surface area contributed by atoms with E-state index in [0.29, 0.717) is 29.6 Å². The van der Waals surface area contributed by atoms with E-state index in [1.807, 2.05) is 24.3 Å². The fourth-order valence-electron chi connectivity index (χ4n) is 2.47. The average molecular weight is 365 g/mol. The number of aromatic nitrogens is 2. The van der Waals surface area contributed by atoms with Crippen molar-refractivity contribution in [1.82, 2.24) is 9.78 Å². The van der Waals surface area contributed by atoms with Crippen LogP contribution >= 0.6 is 0 Å². The van der Waals surface area contributed by atoms with E-state index in [2.05, 4.69) is 10.4 Å². The summed E-state index contributed by atoms with van der Waals surface area (Å²) in [6, 6.07) is 12.5. The Morgan fingerprint density at radius 2 is 2.04 bits per heavy atom. The van der Waals surface area contributed by atoms with E-state index in [9.17, 15) is 9.59 Å². The van der Waals surface area contributed by atoms with Crippen LogP contribution in [0.1, 0.15) is 28.8 Å². The molecule has 0 aliphatic carbocycles. The smallest absolute Gasteiger partial charge is 0.249 e. The molecule has 3 aromatic rings. The Kier molecular flexibility index (Phi) is 5.51. The van der Waals surface area contributed by atoms with Crippen molar-refractivity contribution in [2.24, 2.45) is 0 Å². The molecule has 0 spiro atoms. The fraction of sp³-hybridized carbons (Fsp3) is 0.150. The second kappa shape index (κ2) is 8.18. The maximum Gasteiger partial charge on any atom is 0.249 e. The summed E-state index contributed by atoms with van der Waals surface area (Å²) in [5.41, 5.74) is 0.805. The number of ether oxygens (including phenoxy) is 1. The summed E-state index contributed by atoms with van der Waals surface area (Å²) in [5.74, 6) is 1.60. The molecule has 0 unspecified atom stereocenters. The van der Waals surface area contributed by atoms with Crippen molar-refractivity contribution in [2.75, 3.05) is 12.4 Å². The number of hydrogen-bond donors (Lipinski definition) is 1. The predicted molar refractivity (Wildman–Crippen MR) is 101 cm³/mol. The molecule has 7 nitrogen and oxygen atoms in total. The van der Waals surface area contributed by atoms with Crippen LogP contribution in [-0.4, -0.2) is 28.6 Å². The van der Waals surface area contributed by atoms with Crippen LogP contribution < -0.4 is 10.1 Å². The van der Waals surface area contributed by atoms with Gasteiger partial charge in [0.2, 0.25) is 5.91 Å². The summed E-state index contributed by atoms with van der Waals surface area (Å²) in [5, 5.41) is 6.97. The third kappa shape index (κ3) is 4.72. The number of para-hydroxylation sites is 1. The highest BCUT2D eigenvalue weighted by Crippen LogP contribution is 2.18. The summed E-state index contributed by atoms with van der Waals surface area (Å²) in [6.45, 7) is 1.81. The van der Waals surface area contributed by atoms with Crippen molar-refractivity contribution < 1.29 is 18.7 Å². The normalized spacial score (nSPS) is 10.9. The molecule has 138 valence electrons. The highest BCUT2D eigenvalue weighted by atomic mass is 16.5. The van der Waals surface area contributed by atoms with E-state index >= 15 is 0 Å². The van der Waals surface area contributed by atoms with Gasteiger partial charge < -0.3 is 14.5 Å². The number of nitrogens with one attached hydrogen (secondary N) is 1. The first-order valence-corrected chi connectivity index (χ1v) is 8.30. The number of carbonyl (C=O) groups is 2. The lowest BCUT2D eigenvalue weighted by molar-refractivity contribution is -0.111. The van der Waals surface area contributed by atoms with Crippen LogP contribution in [0.15, 0.2) is 59.2 Å². The van der Waals surface area contributed by atoms with Crippen LogP contribution in [0.25, 0.3) is 6.08 Å². The van der Waals surface area contributed by atoms with Gasteiger partial charge in [-0.25, -0.2) is 0 Å². The van der Waals surface area contributed by atoms with Crippen LogP contribution in [0.4, 0.5) is 5.82 Å². The molecule has 3 rings (SSSR count). The van der Waals surface area contributed by atoms with Gasteiger partial charge in [0.1, 0.15) is 11.5 Å². The third-order valence-electron chi connectivity index (χ3n) is 3.77. The van der Waals surface area contributed by atoms with Gasteiger partial charge in [-0.1, -0.05) is 18.2 Å². The number of amides is 1. The van der Waals surface area contributed by atoms with E-state index < -0.39 is 0 Å². The zero-order chi connectivity index (χ0) is 19.2. The number of furan rings is 1. The first-order chi connectivity index (χ1) is 13.0. The zero-order valence-corrected chi connectivity index (χ0v) is 15.0. The van der Waals surface area contributed by atoms with Crippen molar-refractivity contribution in [3.63, 3.8) is 0 Å². The van der Waals surface area contributed by atoms with Gasteiger partial charge in [-0.3, -0.25) is 14.3 Å². The van der Waals surface area contributed by atoms with Crippen LogP contribution in [0.3, 0.4) is 0 Å². The van der Waals surface area contributed by atoms with Crippen LogP contribution in [0.5, 0.6) is 5.75 Å². The summed E-state index contributed by atoms with van der Waals surface area (Å²) in [6.07, 6.45) is 4.81. The van der Waals surface area contributed by atoms with Crippen molar-refractivity contribution >= 4 is 23.6 Å². The number of hydrogen-bond acceptors (Lipinski definition) is 5. The Morgan fingerprint density at radius 1 is 1.22 bits per heavy atom. The van der Waals surface area contributed by atoms with Gasteiger partial charge in [-0.15, -0.1) is 0 Å². The minimum atomic E-state index is -0.303. The molecule has 0 saturated heterocycles. The quantitative estimate of drug-likeness (QED) is 0.512. The molecule has 27 heavy (non-hydrogen) atoms. The van der Waals surface area contributed by atoms with Gasteiger partial charge in [0.05, 0.1) is 13.7 Å². The van der Waals surface area contributed by atoms with Gasteiger partial charge in [-0.2, -0.15) is 5.10 Å². The number of benzene rings is 1. The number of carbonyl (C=O) groups excluding carboxylic acids is 2. The molecule has 0 fully saturated rings. The molecule has 7 heteroatoms. The summed E-state index contributed by atoms with van der Waals surface area (Å²) < 4.78 is 12.3. The lowest BCUT2D eigenvalue weighted by atomic mass is 10.2. The van der Waals surface area contributed by atoms with E-state index in [-0.39, 0.29) is 11.7 Å². The molecule has 0 radical (unpaired) electrons. The minimum Gasteiger partial charge on any atom is -0.496 e. The molecule has 2 aromatic heterocycles. The Hall–Kier alpha value is -3.61. The lowest BCUT2D eigenvalue weighted by Crippen LogP contribution is -2.09. The maximum absolute atomic E-state index is 12.1. The van der Waals surface area contributed by atoms with E-state index in [4.69, 9.17) is 9.15 Å². The maximum atomic E-state index is 12.1. The molecule has 2 heterocycles. The lowest BCUT2D eigenvalue weighted by Gasteiger charge is -2.03. The Bertz CT molecular complexity index is 985. The summed E-state index contributed by atoms with van der Waals surface area (Å²) in [7, 11) is 1.58. The standard InChI is InChI=1S/C20H19N3O4/c1-14(24)17-9-8-16(27-17)13-23-12-11-19(22-23)21-20(25)10-7-15-5-3-4-6-18(15)26-2/h3-12H,13H2,1-2H3,(H,21,22,25)/b10-7-. The van der Waals surface area contributed by atoms with Crippen LogP contribution in [-0.2, 0) is 11.3 Å². The summed E-state index contributed by atoms with van der Waals surface area (Å²) in [4.78, 5) is 23.4. The van der Waals surface area contributed by atoms with E-state index in [1.54, 1.807) is 42.3 Å². The van der Waals surface area contributed by atoms with E-state index in [0.717, 1.165) is 5.56 Å². The molecule has 0 saturated carbocycles. The van der Waals surface area contributed by atoms with Gasteiger partial charge in [0.15, 0.2) is 17.4 Å². The fourth-order valence-corrected chi connectivity index (χ4v) is 2.47.